The largest absolute Gasteiger partial charge is 0.326 e. The van der Waals surface area contributed by atoms with Gasteiger partial charge in [-0.15, -0.1) is 0 Å². The molecule has 0 saturated carbocycles. The van der Waals surface area contributed by atoms with E-state index in [1.54, 1.807) is 41.0 Å². The molecule has 1 fully saturated rings. The molecule has 1 aliphatic rings. The van der Waals surface area contributed by atoms with Crippen molar-refractivity contribution in [2.75, 3.05) is 18.4 Å². The highest BCUT2D eigenvalue weighted by Crippen LogP contribution is 2.26. The first-order valence-electron chi connectivity index (χ1n) is 10.8. The van der Waals surface area contributed by atoms with Crippen LogP contribution >= 0.6 is 22.9 Å². The van der Waals surface area contributed by atoms with Crippen molar-refractivity contribution in [3.8, 4) is 0 Å². The summed E-state index contributed by atoms with van der Waals surface area (Å²) in [6.45, 7) is 4.46. The van der Waals surface area contributed by atoms with E-state index in [1.165, 1.54) is 4.31 Å². The fraction of sp³-hybridized carbons (Fsp3) is 0.391. The van der Waals surface area contributed by atoms with Crippen LogP contribution < -0.4 is 10.2 Å². The minimum atomic E-state index is -3.57. The van der Waals surface area contributed by atoms with E-state index < -0.39 is 15.9 Å². The Morgan fingerprint density at radius 2 is 2.03 bits per heavy atom. The van der Waals surface area contributed by atoms with Crippen molar-refractivity contribution in [1.82, 2.24) is 8.87 Å². The molecule has 0 aliphatic carbocycles. The highest BCUT2D eigenvalue weighted by atomic mass is 35.5. The maximum Gasteiger partial charge on any atom is 0.308 e. The fourth-order valence-corrected chi connectivity index (χ4v) is 7.05. The summed E-state index contributed by atoms with van der Waals surface area (Å²) in [7, 11) is -3.57. The number of aromatic nitrogens is 1. The lowest BCUT2D eigenvalue weighted by atomic mass is 9.98. The van der Waals surface area contributed by atoms with Gasteiger partial charge >= 0.3 is 4.87 Å². The Balaban J connectivity index is 1.46. The Morgan fingerprint density at radius 1 is 1.24 bits per heavy atom. The van der Waals surface area contributed by atoms with Crippen LogP contribution in [0.1, 0.15) is 38.3 Å². The molecular formula is C23H26ClN3O4S2. The number of carbonyl (C=O) groups excluding carboxylic acids is 1. The molecular weight excluding hydrogens is 482 g/mol. The highest BCUT2D eigenvalue weighted by molar-refractivity contribution is 7.88. The first kappa shape index (κ1) is 23.9. The monoisotopic (exact) mass is 507 g/mol. The molecule has 0 spiro atoms. The summed E-state index contributed by atoms with van der Waals surface area (Å²) >= 11 is 7.13. The number of sulfonamides is 1. The third kappa shape index (κ3) is 5.32. The Morgan fingerprint density at radius 3 is 2.76 bits per heavy atom. The van der Waals surface area contributed by atoms with Gasteiger partial charge in [-0.05, 0) is 62.6 Å². The van der Waals surface area contributed by atoms with Crippen LogP contribution in [0.3, 0.4) is 0 Å². The number of fused-ring (bicyclic) bond motifs is 1. The molecule has 1 N–H and O–H groups in total. The number of benzene rings is 2. The molecule has 1 unspecified atom stereocenters. The van der Waals surface area contributed by atoms with Crippen molar-refractivity contribution in [1.29, 1.82) is 0 Å². The number of thiazole rings is 1. The highest BCUT2D eigenvalue weighted by Gasteiger charge is 2.32. The quantitative estimate of drug-likeness (QED) is 0.533. The Kier molecular flexibility index (Phi) is 6.95. The number of nitrogens with zero attached hydrogens (tertiary/aromatic N) is 2. The van der Waals surface area contributed by atoms with E-state index in [0.29, 0.717) is 35.7 Å². The van der Waals surface area contributed by atoms with Gasteiger partial charge in [0.05, 0.1) is 21.9 Å². The van der Waals surface area contributed by atoms with Crippen molar-refractivity contribution in [3.05, 3.63) is 62.7 Å². The second-order valence-corrected chi connectivity index (χ2v) is 12.0. The van der Waals surface area contributed by atoms with Crippen molar-refractivity contribution < 1.29 is 13.2 Å². The molecule has 3 aromatic rings. The van der Waals surface area contributed by atoms with E-state index in [9.17, 15) is 18.0 Å². The lowest BCUT2D eigenvalue weighted by Gasteiger charge is -2.31. The normalized spacial score (nSPS) is 17.5. The molecule has 7 nitrogen and oxygen atoms in total. The molecule has 176 valence electrons. The van der Waals surface area contributed by atoms with Gasteiger partial charge in [-0.25, -0.2) is 12.7 Å². The zero-order chi connectivity index (χ0) is 23.8. The number of piperidine rings is 1. The molecule has 0 bridgehead atoms. The Hall–Kier alpha value is -2.20. The Bertz CT molecular complexity index is 1350. The summed E-state index contributed by atoms with van der Waals surface area (Å²) in [5.41, 5.74) is 2.06. The summed E-state index contributed by atoms with van der Waals surface area (Å²) in [5, 5.41) is 3.40. The van der Waals surface area contributed by atoms with Crippen LogP contribution in [0.4, 0.5) is 5.69 Å². The van der Waals surface area contributed by atoms with E-state index in [1.807, 2.05) is 19.9 Å². The van der Waals surface area contributed by atoms with Crippen molar-refractivity contribution >= 4 is 54.8 Å². The first-order valence-corrected chi connectivity index (χ1v) is 13.6. The van der Waals surface area contributed by atoms with E-state index >= 15 is 0 Å². The Labute approximate surface area is 202 Å². The van der Waals surface area contributed by atoms with Gasteiger partial charge in [0.2, 0.25) is 15.9 Å². The van der Waals surface area contributed by atoms with Gasteiger partial charge in [0, 0.05) is 29.8 Å². The molecule has 10 heteroatoms. The first-order chi connectivity index (χ1) is 15.6. The predicted octanol–water partition coefficient (Wildman–Crippen LogP) is 4.48. The van der Waals surface area contributed by atoms with Crippen LogP contribution in [-0.2, 0) is 20.6 Å². The van der Waals surface area contributed by atoms with E-state index in [4.69, 9.17) is 11.6 Å². The number of anilines is 1. The molecule has 1 saturated heterocycles. The molecule has 2 aromatic carbocycles. The number of amides is 1. The summed E-state index contributed by atoms with van der Waals surface area (Å²) in [4.78, 5) is 25.2. The van der Waals surface area contributed by atoms with Gasteiger partial charge in [0.1, 0.15) is 0 Å². The molecule has 1 atom stereocenters. The summed E-state index contributed by atoms with van der Waals surface area (Å²) < 4.78 is 29.8. The number of hydrogen-bond acceptors (Lipinski definition) is 5. The van der Waals surface area contributed by atoms with Crippen LogP contribution in [0, 0.1) is 5.92 Å². The SMILES string of the molecule is CC(C)n1c(=O)sc2cc(NC(=O)C3CCCN(S(=O)(=O)Cc4cccc(Cl)c4)C3)ccc21. The molecule has 4 rings (SSSR count). The maximum absolute atomic E-state index is 12.9. The third-order valence-corrected chi connectivity index (χ3v) is 8.75. The number of hydrogen-bond donors (Lipinski definition) is 1. The molecule has 0 radical (unpaired) electrons. The standard InChI is InChI=1S/C23H26ClN3O4S2/c1-15(2)27-20-9-8-19(12-21(20)32-23(27)29)25-22(28)17-6-4-10-26(13-17)33(30,31)14-16-5-3-7-18(24)11-16/h3,5,7-9,11-12,15,17H,4,6,10,13-14H2,1-2H3,(H,25,28). The van der Waals surface area contributed by atoms with Gasteiger partial charge < -0.3 is 5.32 Å². The number of halogens is 1. The number of nitrogens with one attached hydrogen (secondary N) is 1. The number of rotatable bonds is 6. The third-order valence-electron chi connectivity index (χ3n) is 5.78. The fourth-order valence-electron chi connectivity index (χ4n) is 4.19. The smallest absolute Gasteiger partial charge is 0.308 e. The molecule has 33 heavy (non-hydrogen) atoms. The van der Waals surface area contributed by atoms with Gasteiger partial charge in [-0.2, -0.15) is 0 Å². The summed E-state index contributed by atoms with van der Waals surface area (Å²) in [5.74, 6) is -0.806. The minimum absolute atomic E-state index is 0.0312. The average Bonchev–Trinajstić information content (AvgIpc) is 3.08. The van der Waals surface area contributed by atoms with Gasteiger partial charge in [-0.1, -0.05) is 35.1 Å². The summed E-state index contributed by atoms with van der Waals surface area (Å²) in [6.07, 6.45) is 1.24. The second kappa shape index (κ2) is 9.58. The lowest BCUT2D eigenvalue weighted by molar-refractivity contribution is -0.120. The molecule has 1 aliphatic heterocycles. The molecule has 1 amide bonds. The summed E-state index contributed by atoms with van der Waals surface area (Å²) in [6, 6.07) is 12.3. The predicted molar refractivity (Wildman–Crippen MR) is 133 cm³/mol. The van der Waals surface area contributed by atoms with E-state index in [-0.39, 0.29) is 29.1 Å². The minimum Gasteiger partial charge on any atom is -0.326 e. The van der Waals surface area contributed by atoms with Crippen LogP contribution in [0.2, 0.25) is 5.02 Å². The lowest BCUT2D eigenvalue weighted by Crippen LogP contribution is -2.44. The zero-order valence-electron chi connectivity index (χ0n) is 18.5. The molecule has 2 heterocycles. The topological polar surface area (TPSA) is 88.5 Å². The van der Waals surface area contributed by atoms with Crippen LogP contribution in [0.25, 0.3) is 10.2 Å². The number of carbonyl (C=O) groups is 1. The van der Waals surface area contributed by atoms with E-state index in [2.05, 4.69) is 5.32 Å². The second-order valence-electron chi connectivity index (χ2n) is 8.59. The van der Waals surface area contributed by atoms with Crippen LogP contribution in [0.15, 0.2) is 47.3 Å². The van der Waals surface area contributed by atoms with Gasteiger partial charge in [0.25, 0.3) is 0 Å². The van der Waals surface area contributed by atoms with Gasteiger partial charge in [0.15, 0.2) is 0 Å². The molecule has 1 aromatic heterocycles. The van der Waals surface area contributed by atoms with E-state index in [0.717, 1.165) is 21.6 Å². The van der Waals surface area contributed by atoms with Crippen molar-refractivity contribution in [2.24, 2.45) is 5.92 Å². The zero-order valence-corrected chi connectivity index (χ0v) is 20.8. The van der Waals surface area contributed by atoms with Gasteiger partial charge in [-0.3, -0.25) is 14.2 Å². The van der Waals surface area contributed by atoms with Crippen LogP contribution in [0.5, 0.6) is 0 Å². The maximum atomic E-state index is 12.9. The average molecular weight is 508 g/mol. The van der Waals surface area contributed by atoms with Crippen molar-refractivity contribution in [3.63, 3.8) is 0 Å². The van der Waals surface area contributed by atoms with Crippen molar-refractivity contribution in [2.45, 2.75) is 38.5 Å². The van der Waals surface area contributed by atoms with Crippen LogP contribution in [-0.4, -0.2) is 36.3 Å².